The molecular formula is C19H27NO4. The van der Waals surface area contributed by atoms with Crippen LogP contribution in [0.3, 0.4) is 0 Å². The van der Waals surface area contributed by atoms with Crippen molar-refractivity contribution in [3.63, 3.8) is 0 Å². The Morgan fingerprint density at radius 2 is 1.71 bits per heavy atom. The molecule has 1 saturated heterocycles. The van der Waals surface area contributed by atoms with Gasteiger partial charge in [0.1, 0.15) is 11.8 Å². The van der Waals surface area contributed by atoms with E-state index in [4.69, 9.17) is 9.47 Å². The number of rotatable bonds is 7. The summed E-state index contributed by atoms with van der Waals surface area (Å²) in [5.74, 6) is 0.447. The first-order chi connectivity index (χ1) is 11.6. The highest BCUT2D eigenvalue weighted by Gasteiger charge is 2.39. The van der Waals surface area contributed by atoms with Gasteiger partial charge >= 0.3 is 5.97 Å². The minimum absolute atomic E-state index is 0.103. The van der Waals surface area contributed by atoms with E-state index in [0.29, 0.717) is 18.5 Å². The van der Waals surface area contributed by atoms with Gasteiger partial charge in [0.15, 0.2) is 0 Å². The topological polar surface area (TPSA) is 55.8 Å². The van der Waals surface area contributed by atoms with Crippen LogP contribution in [0.15, 0.2) is 12.1 Å². The Morgan fingerprint density at radius 1 is 1.12 bits per heavy atom. The molecule has 1 aliphatic rings. The average Bonchev–Trinajstić information content (AvgIpc) is 2.54. The van der Waals surface area contributed by atoms with Crippen LogP contribution in [-0.2, 0) is 22.4 Å². The smallest absolute Gasteiger partial charge is 0.328 e. The van der Waals surface area contributed by atoms with Gasteiger partial charge in [-0.15, -0.1) is 0 Å². The van der Waals surface area contributed by atoms with Gasteiger partial charge in [-0.1, -0.05) is 26.7 Å². The van der Waals surface area contributed by atoms with Crippen molar-refractivity contribution in [2.75, 3.05) is 20.8 Å². The molecule has 0 bridgehead atoms. The van der Waals surface area contributed by atoms with Crippen LogP contribution in [0.1, 0.15) is 54.6 Å². The minimum atomic E-state index is -0.450. The zero-order chi connectivity index (χ0) is 17.7. The molecule has 0 saturated carbocycles. The molecule has 0 aromatic heterocycles. The Kier molecular flexibility index (Phi) is 6.23. The van der Waals surface area contributed by atoms with Crippen molar-refractivity contribution in [3.05, 3.63) is 28.8 Å². The predicted octanol–water partition coefficient (Wildman–Crippen LogP) is 2.99. The van der Waals surface area contributed by atoms with Crippen LogP contribution in [0.2, 0.25) is 0 Å². The largest absolute Gasteiger partial charge is 0.496 e. The Bertz CT molecular complexity index is 584. The number of methoxy groups -OCH3 is 2. The number of hydrogen-bond donors (Lipinski definition) is 0. The van der Waals surface area contributed by atoms with Gasteiger partial charge in [-0.05, 0) is 42.5 Å². The summed E-state index contributed by atoms with van der Waals surface area (Å²) in [5, 5.41) is 0. The number of carbonyl (C=O) groups is 2. The summed E-state index contributed by atoms with van der Waals surface area (Å²) in [4.78, 5) is 26.2. The standard InChI is InChI=1S/C19H27NO4/c1-5-7-13-11-15(12-14(8-6-2)17(13)23-3)18(21)20-10-9-16(20)19(22)24-4/h11-12,16H,5-10H2,1-4H3/t16-/m1/s1. The Balaban J connectivity index is 2.35. The van der Waals surface area contributed by atoms with Crippen molar-refractivity contribution in [1.29, 1.82) is 0 Å². The molecule has 1 amide bonds. The molecule has 24 heavy (non-hydrogen) atoms. The zero-order valence-corrected chi connectivity index (χ0v) is 15.1. The van der Waals surface area contributed by atoms with Crippen molar-refractivity contribution in [3.8, 4) is 5.75 Å². The molecule has 5 nitrogen and oxygen atoms in total. The lowest BCUT2D eigenvalue weighted by molar-refractivity contribution is -0.149. The molecule has 1 aromatic carbocycles. The fourth-order valence-corrected chi connectivity index (χ4v) is 3.23. The third-order valence-corrected chi connectivity index (χ3v) is 4.49. The number of carbonyl (C=O) groups excluding carboxylic acids is 2. The molecule has 1 fully saturated rings. The van der Waals surface area contributed by atoms with E-state index in [-0.39, 0.29) is 11.9 Å². The van der Waals surface area contributed by atoms with Crippen molar-refractivity contribution in [2.45, 2.75) is 52.0 Å². The normalized spacial score (nSPS) is 16.5. The van der Waals surface area contributed by atoms with E-state index in [9.17, 15) is 9.59 Å². The van der Waals surface area contributed by atoms with Crippen molar-refractivity contribution < 1.29 is 19.1 Å². The van der Waals surface area contributed by atoms with Crippen LogP contribution in [0.4, 0.5) is 0 Å². The maximum absolute atomic E-state index is 12.8. The highest BCUT2D eigenvalue weighted by molar-refractivity contribution is 5.98. The molecule has 1 atom stereocenters. The summed E-state index contributed by atoms with van der Waals surface area (Å²) in [6.45, 7) is 4.81. The van der Waals surface area contributed by atoms with E-state index in [0.717, 1.165) is 42.6 Å². The van der Waals surface area contributed by atoms with Crippen molar-refractivity contribution in [2.24, 2.45) is 0 Å². The van der Waals surface area contributed by atoms with Gasteiger partial charge in [-0.3, -0.25) is 4.79 Å². The summed E-state index contributed by atoms with van der Waals surface area (Å²) >= 11 is 0. The number of likely N-dealkylation sites (tertiary alicyclic amines) is 1. The van der Waals surface area contributed by atoms with Gasteiger partial charge < -0.3 is 14.4 Å². The lowest BCUT2D eigenvalue weighted by Gasteiger charge is -2.38. The van der Waals surface area contributed by atoms with Gasteiger partial charge in [-0.2, -0.15) is 0 Å². The third kappa shape index (κ3) is 3.55. The number of nitrogens with zero attached hydrogens (tertiary/aromatic N) is 1. The molecule has 0 unspecified atom stereocenters. The van der Waals surface area contributed by atoms with E-state index in [1.54, 1.807) is 12.0 Å². The molecule has 0 aliphatic carbocycles. The summed E-state index contributed by atoms with van der Waals surface area (Å²) in [5.41, 5.74) is 2.75. The first kappa shape index (κ1) is 18.3. The molecule has 132 valence electrons. The zero-order valence-electron chi connectivity index (χ0n) is 15.1. The SMILES string of the molecule is CCCc1cc(C(=O)N2CC[C@@H]2C(=O)OC)cc(CCC)c1OC. The molecule has 1 aromatic rings. The molecule has 5 heteroatoms. The summed E-state index contributed by atoms with van der Waals surface area (Å²) in [6.07, 6.45) is 4.35. The monoisotopic (exact) mass is 333 g/mol. The second kappa shape index (κ2) is 8.18. The second-order valence-corrected chi connectivity index (χ2v) is 6.15. The van der Waals surface area contributed by atoms with E-state index in [1.807, 2.05) is 12.1 Å². The van der Waals surface area contributed by atoms with Crippen LogP contribution >= 0.6 is 0 Å². The molecule has 2 rings (SSSR count). The van der Waals surface area contributed by atoms with Gasteiger partial charge in [0.05, 0.1) is 14.2 Å². The van der Waals surface area contributed by atoms with Crippen LogP contribution in [0, 0.1) is 0 Å². The summed E-state index contributed by atoms with van der Waals surface area (Å²) < 4.78 is 10.4. The molecular weight excluding hydrogens is 306 g/mol. The van der Waals surface area contributed by atoms with Gasteiger partial charge in [0.2, 0.25) is 0 Å². The lowest BCUT2D eigenvalue weighted by Crippen LogP contribution is -2.55. The maximum atomic E-state index is 12.8. The number of benzene rings is 1. The fraction of sp³-hybridized carbons (Fsp3) is 0.579. The molecule has 1 heterocycles. The Morgan fingerprint density at radius 3 is 2.08 bits per heavy atom. The van der Waals surface area contributed by atoms with Gasteiger partial charge in [-0.25, -0.2) is 4.79 Å². The molecule has 0 N–H and O–H groups in total. The fourth-order valence-electron chi connectivity index (χ4n) is 3.23. The quantitative estimate of drug-likeness (QED) is 0.720. The predicted molar refractivity (Wildman–Crippen MR) is 92.4 cm³/mol. The van der Waals surface area contributed by atoms with Crippen LogP contribution in [-0.4, -0.2) is 43.6 Å². The van der Waals surface area contributed by atoms with E-state index >= 15 is 0 Å². The average molecular weight is 333 g/mol. The molecule has 1 aliphatic heterocycles. The molecule has 0 radical (unpaired) electrons. The number of ether oxygens (including phenoxy) is 2. The number of aryl methyl sites for hydroxylation is 2. The van der Waals surface area contributed by atoms with Crippen molar-refractivity contribution in [1.82, 2.24) is 4.90 Å². The highest BCUT2D eigenvalue weighted by atomic mass is 16.5. The van der Waals surface area contributed by atoms with Gasteiger partial charge in [0.25, 0.3) is 5.91 Å². The van der Waals surface area contributed by atoms with Crippen LogP contribution in [0.25, 0.3) is 0 Å². The second-order valence-electron chi connectivity index (χ2n) is 6.15. The minimum Gasteiger partial charge on any atom is -0.496 e. The lowest BCUT2D eigenvalue weighted by atomic mass is 9.95. The third-order valence-electron chi connectivity index (χ3n) is 4.49. The van der Waals surface area contributed by atoms with E-state index in [1.165, 1.54) is 7.11 Å². The maximum Gasteiger partial charge on any atom is 0.328 e. The van der Waals surface area contributed by atoms with Crippen LogP contribution < -0.4 is 4.74 Å². The summed E-state index contributed by atoms with van der Waals surface area (Å²) in [6, 6.07) is 3.38. The van der Waals surface area contributed by atoms with Crippen molar-refractivity contribution >= 4 is 11.9 Å². The first-order valence-corrected chi connectivity index (χ1v) is 8.65. The highest BCUT2D eigenvalue weighted by Crippen LogP contribution is 2.30. The Hall–Kier alpha value is -2.04. The van der Waals surface area contributed by atoms with E-state index in [2.05, 4.69) is 13.8 Å². The number of hydrogen-bond acceptors (Lipinski definition) is 4. The van der Waals surface area contributed by atoms with Gasteiger partial charge in [0, 0.05) is 12.1 Å². The first-order valence-electron chi connectivity index (χ1n) is 8.65. The number of amides is 1. The Labute approximate surface area is 143 Å². The van der Waals surface area contributed by atoms with E-state index < -0.39 is 6.04 Å². The number of esters is 1. The van der Waals surface area contributed by atoms with Crippen LogP contribution in [0.5, 0.6) is 5.75 Å². The molecule has 0 spiro atoms. The summed E-state index contributed by atoms with van der Waals surface area (Å²) in [7, 11) is 3.03.